The van der Waals surface area contributed by atoms with E-state index in [9.17, 15) is 16.8 Å². The molecule has 0 aliphatic carbocycles. The van der Waals surface area contributed by atoms with Crippen molar-refractivity contribution in [3.8, 4) is 0 Å². The molecule has 11 nitrogen and oxygen atoms in total. The first-order chi connectivity index (χ1) is 7.94. The molecular weight excluding hydrogens is 337 g/mol. The summed E-state index contributed by atoms with van der Waals surface area (Å²) >= 11 is 1.60. The van der Waals surface area contributed by atoms with Crippen LogP contribution >= 0.6 is 19.6 Å². The van der Waals surface area contributed by atoms with E-state index in [2.05, 4.69) is 8.61 Å². The standard InChI is InChI=1S/C3H3NS.H2O7S2.HO3P/c1-2-5-3-4-1;1-8(2,3)7-9(4,5)6;1-4(2)3/h1-3H;(H,1,2,3)(H,4,5,6);(H-,1,2,3)/p+1. The van der Waals surface area contributed by atoms with Crippen LogP contribution in [0.1, 0.15) is 0 Å². The van der Waals surface area contributed by atoms with Crippen molar-refractivity contribution in [1.29, 1.82) is 0 Å². The van der Waals surface area contributed by atoms with Crippen LogP contribution in [0.2, 0.25) is 0 Å². The second-order valence-electron chi connectivity index (χ2n) is 1.85. The summed E-state index contributed by atoms with van der Waals surface area (Å²) in [5.41, 5.74) is 1.79. The molecule has 0 radical (unpaired) electrons. The molecule has 0 aliphatic heterocycles. The van der Waals surface area contributed by atoms with Crippen molar-refractivity contribution in [3.63, 3.8) is 0 Å². The summed E-state index contributed by atoms with van der Waals surface area (Å²) in [6.45, 7) is 0. The molecule has 1 heterocycles. The predicted molar refractivity (Wildman–Crippen MR) is 58.3 cm³/mol. The van der Waals surface area contributed by atoms with Crippen LogP contribution in [0.5, 0.6) is 0 Å². The minimum absolute atomic E-state index is 1.60. The fourth-order valence-corrected chi connectivity index (χ4v) is 1.50. The first kappa shape index (κ1) is 19.8. The lowest BCUT2D eigenvalue weighted by Gasteiger charge is -1.89. The summed E-state index contributed by atoms with van der Waals surface area (Å²) in [4.78, 5) is 18.0. The lowest BCUT2D eigenvalue weighted by molar-refractivity contribution is 0.344. The number of rotatable bonds is 2. The normalized spacial score (nSPS) is 10.4. The van der Waals surface area contributed by atoms with Crippen molar-refractivity contribution in [1.82, 2.24) is 4.98 Å². The third-order valence-corrected chi connectivity index (χ3v) is 2.42. The van der Waals surface area contributed by atoms with Gasteiger partial charge in [-0.25, -0.2) is 0 Å². The van der Waals surface area contributed by atoms with Crippen molar-refractivity contribution in [2.75, 3.05) is 0 Å². The highest BCUT2D eigenvalue weighted by molar-refractivity contribution is 7.94. The maximum Gasteiger partial charge on any atom is 0.692 e. The molecule has 0 unspecified atom stereocenters. The Morgan fingerprint density at radius 2 is 1.50 bits per heavy atom. The monoisotopic (exact) mass is 344 g/mol. The smallest absolute Gasteiger partial charge is 0.263 e. The summed E-state index contributed by atoms with van der Waals surface area (Å²) in [5.74, 6) is 0. The van der Waals surface area contributed by atoms with Crippen LogP contribution < -0.4 is 0 Å². The SMILES string of the molecule is O=S(=O)(O)OS(=O)(=O)O.O=[P+](O)O.c1cscn1. The van der Waals surface area contributed by atoms with Crippen LogP contribution in [0, 0.1) is 0 Å². The molecule has 1 aromatic rings. The third kappa shape index (κ3) is 29.5. The topological polar surface area (TPSA) is 188 Å². The molecular formula is C3H7NO10PS3+. The van der Waals surface area contributed by atoms with Gasteiger partial charge in [-0.05, 0) is 0 Å². The van der Waals surface area contributed by atoms with E-state index >= 15 is 0 Å². The molecule has 4 N–H and O–H groups in total. The van der Waals surface area contributed by atoms with Gasteiger partial charge in [-0.3, -0.25) is 14.1 Å². The highest BCUT2D eigenvalue weighted by Crippen LogP contribution is 1.98. The van der Waals surface area contributed by atoms with E-state index in [0.29, 0.717) is 0 Å². The fourth-order valence-electron chi connectivity index (χ4n) is 0.284. The van der Waals surface area contributed by atoms with Crippen LogP contribution in [0.3, 0.4) is 0 Å². The minimum Gasteiger partial charge on any atom is -0.263 e. The number of nitrogens with zero attached hydrogens (tertiary/aromatic N) is 1. The van der Waals surface area contributed by atoms with Gasteiger partial charge in [0.05, 0.1) is 5.51 Å². The summed E-state index contributed by atoms with van der Waals surface area (Å²) in [7, 11) is -13.1. The van der Waals surface area contributed by atoms with Crippen LogP contribution in [0.25, 0.3) is 0 Å². The van der Waals surface area contributed by atoms with Gasteiger partial charge in [0.2, 0.25) is 0 Å². The second kappa shape index (κ2) is 9.37. The van der Waals surface area contributed by atoms with Gasteiger partial charge in [-0.2, -0.15) is 16.8 Å². The van der Waals surface area contributed by atoms with Gasteiger partial charge in [0.1, 0.15) is 0 Å². The highest BCUT2D eigenvalue weighted by atomic mass is 32.3. The van der Waals surface area contributed by atoms with Gasteiger partial charge in [-0.1, -0.05) is 0 Å². The van der Waals surface area contributed by atoms with Crippen molar-refractivity contribution >= 4 is 40.4 Å². The molecule has 15 heteroatoms. The highest BCUT2D eigenvalue weighted by Gasteiger charge is 2.15. The zero-order valence-corrected chi connectivity index (χ0v) is 11.4. The zero-order chi connectivity index (χ0) is 14.8. The molecule has 106 valence electrons. The number of thiazole rings is 1. The van der Waals surface area contributed by atoms with Crippen molar-refractivity contribution in [2.45, 2.75) is 0 Å². The van der Waals surface area contributed by atoms with Gasteiger partial charge in [0.15, 0.2) is 0 Å². The van der Waals surface area contributed by atoms with E-state index in [1.165, 1.54) is 0 Å². The largest absolute Gasteiger partial charge is 0.692 e. The van der Waals surface area contributed by atoms with E-state index in [1.54, 1.807) is 23.0 Å². The van der Waals surface area contributed by atoms with Crippen LogP contribution in [-0.4, -0.2) is 40.7 Å². The van der Waals surface area contributed by atoms with Crippen LogP contribution in [0.15, 0.2) is 17.1 Å². The molecule has 0 saturated heterocycles. The average molecular weight is 344 g/mol. The van der Waals surface area contributed by atoms with Crippen molar-refractivity contribution in [3.05, 3.63) is 17.1 Å². The zero-order valence-electron chi connectivity index (χ0n) is 8.09. The maximum atomic E-state index is 9.44. The Morgan fingerprint density at radius 1 is 1.11 bits per heavy atom. The molecule has 1 aromatic heterocycles. The Hall–Kier alpha value is -0.570. The van der Waals surface area contributed by atoms with Gasteiger partial charge in [-0.15, -0.1) is 24.8 Å². The van der Waals surface area contributed by atoms with Crippen LogP contribution in [0.4, 0.5) is 0 Å². The molecule has 0 bridgehead atoms. The van der Waals surface area contributed by atoms with E-state index in [4.69, 9.17) is 23.5 Å². The minimum atomic E-state index is -5.12. The molecule has 0 fully saturated rings. The molecule has 0 amide bonds. The molecule has 1 rings (SSSR count). The molecule has 0 spiro atoms. The lowest BCUT2D eigenvalue weighted by atomic mass is 11.0. The number of aromatic nitrogens is 1. The second-order valence-corrected chi connectivity index (χ2v) is 5.37. The average Bonchev–Trinajstić information content (AvgIpc) is 2.49. The van der Waals surface area contributed by atoms with Crippen LogP contribution in [-0.2, 0) is 29.0 Å². The molecule has 0 saturated carbocycles. The summed E-state index contributed by atoms with van der Waals surface area (Å²) in [6.07, 6.45) is 1.77. The molecule has 0 atom stereocenters. The van der Waals surface area contributed by atoms with Gasteiger partial charge >= 0.3 is 29.1 Å². The lowest BCUT2D eigenvalue weighted by Crippen LogP contribution is -2.10. The third-order valence-electron chi connectivity index (χ3n) is 0.519. The van der Waals surface area contributed by atoms with E-state index in [1.807, 2.05) is 5.38 Å². The Labute approximate surface area is 107 Å². The fraction of sp³-hybridized carbons (Fsp3) is 0. The Bertz CT molecular complexity index is 468. The number of hydrogen-bond donors (Lipinski definition) is 4. The van der Waals surface area contributed by atoms with E-state index < -0.39 is 29.1 Å². The Balaban J connectivity index is 0. The summed E-state index contributed by atoms with van der Waals surface area (Å²) in [6, 6.07) is 0. The quantitative estimate of drug-likeness (QED) is 0.395. The predicted octanol–water partition coefficient (Wildman–Crippen LogP) is -0.620. The first-order valence-electron chi connectivity index (χ1n) is 3.27. The van der Waals surface area contributed by atoms with Gasteiger partial charge in [0, 0.05) is 16.1 Å². The number of hydrogen-bond acceptors (Lipinski definition) is 8. The molecule has 0 aromatic carbocycles. The van der Waals surface area contributed by atoms with Gasteiger partial charge in [0.25, 0.3) is 0 Å². The maximum absolute atomic E-state index is 9.44. The van der Waals surface area contributed by atoms with E-state index in [-0.39, 0.29) is 0 Å². The summed E-state index contributed by atoms with van der Waals surface area (Å²) in [5, 5.41) is 1.93. The summed E-state index contributed by atoms with van der Waals surface area (Å²) < 4.78 is 64.3. The van der Waals surface area contributed by atoms with Gasteiger partial charge < -0.3 is 0 Å². The van der Waals surface area contributed by atoms with Crippen molar-refractivity contribution in [2.24, 2.45) is 0 Å². The van der Waals surface area contributed by atoms with E-state index in [0.717, 1.165) is 0 Å². The Kier molecular flexibility index (Phi) is 10.3. The first-order valence-corrected chi connectivity index (χ1v) is 8.11. The molecule has 18 heavy (non-hydrogen) atoms. The van der Waals surface area contributed by atoms with Crippen molar-refractivity contribution < 1.29 is 43.9 Å². The molecule has 0 aliphatic rings. The Morgan fingerprint density at radius 3 is 1.56 bits per heavy atom.